The van der Waals surface area contributed by atoms with Crippen molar-refractivity contribution in [2.75, 3.05) is 10.3 Å². The maximum absolute atomic E-state index is 5.42. The van der Waals surface area contributed by atoms with E-state index >= 15 is 0 Å². The first kappa shape index (κ1) is 12.0. The molecule has 19 heavy (non-hydrogen) atoms. The number of nitrogens with zero attached hydrogens (tertiary/aromatic N) is 3. The topological polar surface area (TPSA) is 80.2 Å². The number of aromatic nitrogens is 2. The average molecular weight is 259 g/mol. The standard InChI is InChI=1S/C13H17N5O/c1-9-7-12(16-13(15-9)17-14)18(10-4-5-10)8-11-3-2-6-19-11/h2-3,6-7,10H,4-5,8,14H2,1H3,(H,15,16,17). The lowest BCUT2D eigenvalue weighted by Crippen LogP contribution is -2.26. The molecule has 6 heteroatoms. The van der Waals surface area contributed by atoms with Crippen LogP contribution in [0.5, 0.6) is 0 Å². The molecular weight excluding hydrogens is 242 g/mol. The fourth-order valence-corrected chi connectivity index (χ4v) is 2.12. The Balaban J connectivity index is 1.89. The van der Waals surface area contributed by atoms with Crippen LogP contribution in [-0.2, 0) is 6.54 Å². The van der Waals surface area contributed by atoms with Gasteiger partial charge in [0.2, 0.25) is 5.95 Å². The number of nitrogen functional groups attached to an aromatic ring is 1. The van der Waals surface area contributed by atoms with Crippen LogP contribution in [0.1, 0.15) is 24.3 Å². The molecule has 1 aliphatic rings. The van der Waals surface area contributed by atoms with Gasteiger partial charge in [0, 0.05) is 17.8 Å². The molecule has 6 nitrogen and oxygen atoms in total. The van der Waals surface area contributed by atoms with Gasteiger partial charge in [0.1, 0.15) is 11.6 Å². The minimum absolute atomic E-state index is 0.445. The molecule has 1 aliphatic carbocycles. The lowest BCUT2D eigenvalue weighted by molar-refractivity contribution is 0.500. The Morgan fingerprint density at radius 1 is 1.47 bits per heavy atom. The average Bonchev–Trinajstić information content (AvgIpc) is 3.12. The molecule has 1 fully saturated rings. The predicted molar refractivity (Wildman–Crippen MR) is 72.5 cm³/mol. The zero-order chi connectivity index (χ0) is 13.2. The smallest absolute Gasteiger partial charge is 0.239 e. The molecule has 0 aromatic carbocycles. The molecule has 0 atom stereocenters. The number of rotatable bonds is 5. The Bertz CT molecular complexity index is 550. The van der Waals surface area contributed by atoms with Crippen molar-refractivity contribution in [1.29, 1.82) is 0 Å². The molecule has 0 radical (unpaired) electrons. The van der Waals surface area contributed by atoms with Gasteiger partial charge in [-0.1, -0.05) is 0 Å². The van der Waals surface area contributed by atoms with Crippen LogP contribution in [0.25, 0.3) is 0 Å². The highest BCUT2D eigenvalue weighted by molar-refractivity contribution is 5.46. The summed E-state index contributed by atoms with van der Waals surface area (Å²) in [6.07, 6.45) is 4.07. The quantitative estimate of drug-likeness (QED) is 0.630. The fraction of sp³-hybridized carbons (Fsp3) is 0.385. The van der Waals surface area contributed by atoms with Gasteiger partial charge in [0.05, 0.1) is 12.8 Å². The first-order chi connectivity index (χ1) is 9.26. The second-order valence-corrected chi connectivity index (χ2v) is 4.77. The van der Waals surface area contributed by atoms with Crippen molar-refractivity contribution in [2.45, 2.75) is 32.4 Å². The first-order valence-electron chi connectivity index (χ1n) is 6.37. The largest absolute Gasteiger partial charge is 0.467 e. The van der Waals surface area contributed by atoms with Crippen LogP contribution in [-0.4, -0.2) is 16.0 Å². The van der Waals surface area contributed by atoms with E-state index in [1.165, 1.54) is 12.8 Å². The number of anilines is 2. The van der Waals surface area contributed by atoms with E-state index in [0.29, 0.717) is 12.0 Å². The Kier molecular flexibility index (Phi) is 3.08. The van der Waals surface area contributed by atoms with Gasteiger partial charge in [-0.2, -0.15) is 4.98 Å². The molecule has 2 heterocycles. The van der Waals surface area contributed by atoms with Crippen molar-refractivity contribution in [2.24, 2.45) is 5.84 Å². The third kappa shape index (κ3) is 2.68. The van der Waals surface area contributed by atoms with Crippen LogP contribution < -0.4 is 16.2 Å². The van der Waals surface area contributed by atoms with Gasteiger partial charge in [-0.3, -0.25) is 5.43 Å². The van der Waals surface area contributed by atoms with Crippen LogP contribution in [0.4, 0.5) is 11.8 Å². The Hall–Kier alpha value is -2.08. The summed E-state index contributed by atoms with van der Waals surface area (Å²) in [5.74, 6) is 7.67. The summed E-state index contributed by atoms with van der Waals surface area (Å²) in [5, 5.41) is 0. The summed E-state index contributed by atoms with van der Waals surface area (Å²) in [4.78, 5) is 10.9. The SMILES string of the molecule is Cc1cc(N(Cc2ccco2)C2CC2)nc(NN)n1. The molecule has 0 unspecified atom stereocenters. The van der Waals surface area contributed by atoms with Crippen LogP contribution in [0.2, 0.25) is 0 Å². The zero-order valence-electron chi connectivity index (χ0n) is 10.8. The number of nitrogens with two attached hydrogens (primary N) is 1. The van der Waals surface area contributed by atoms with E-state index in [9.17, 15) is 0 Å². The second-order valence-electron chi connectivity index (χ2n) is 4.77. The third-order valence-corrected chi connectivity index (χ3v) is 3.16. The maximum Gasteiger partial charge on any atom is 0.239 e. The normalized spacial score (nSPS) is 14.4. The van der Waals surface area contributed by atoms with Crippen LogP contribution in [0.3, 0.4) is 0 Å². The highest BCUT2D eigenvalue weighted by Gasteiger charge is 2.31. The molecule has 0 spiro atoms. The predicted octanol–water partition coefficient (Wildman–Crippen LogP) is 1.83. The molecule has 0 aliphatic heterocycles. The number of furan rings is 1. The number of hydrogen-bond acceptors (Lipinski definition) is 6. The molecule has 0 saturated heterocycles. The monoisotopic (exact) mass is 259 g/mol. The van der Waals surface area contributed by atoms with Crippen molar-refractivity contribution in [3.05, 3.63) is 35.9 Å². The molecule has 3 N–H and O–H groups in total. The number of aryl methyl sites for hydroxylation is 1. The fourth-order valence-electron chi connectivity index (χ4n) is 2.12. The third-order valence-electron chi connectivity index (χ3n) is 3.16. The van der Waals surface area contributed by atoms with E-state index in [2.05, 4.69) is 20.3 Å². The minimum atomic E-state index is 0.445. The van der Waals surface area contributed by atoms with Gasteiger partial charge in [-0.05, 0) is 31.9 Å². The van der Waals surface area contributed by atoms with E-state index < -0.39 is 0 Å². The lowest BCUT2D eigenvalue weighted by atomic mass is 10.3. The Labute approximate surface area is 111 Å². The zero-order valence-corrected chi connectivity index (χ0v) is 10.8. The molecule has 0 amide bonds. The highest BCUT2D eigenvalue weighted by atomic mass is 16.3. The van der Waals surface area contributed by atoms with Gasteiger partial charge in [-0.25, -0.2) is 10.8 Å². The summed E-state index contributed by atoms with van der Waals surface area (Å²) >= 11 is 0. The maximum atomic E-state index is 5.42. The Morgan fingerprint density at radius 3 is 2.95 bits per heavy atom. The summed E-state index contributed by atoms with van der Waals surface area (Å²) in [6.45, 7) is 2.65. The first-order valence-corrected chi connectivity index (χ1v) is 6.37. The molecule has 0 bridgehead atoms. The second kappa shape index (κ2) is 4.89. The van der Waals surface area contributed by atoms with Gasteiger partial charge < -0.3 is 9.32 Å². The lowest BCUT2D eigenvalue weighted by Gasteiger charge is -2.23. The van der Waals surface area contributed by atoms with Gasteiger partial charge >= 0.3 is 0 Å². The highest BCUT2D eigenvalue weighted by Crippen LogP contribution is 2.32. The van der Waals surface area contributed by atoms with E-state index in [1.807, 2.05) is 25.1 Å². The van der Waals surface area contributed by atoms with Gasteiger partial charge in [-0.15, -0.1) is 0 Å². The molecule has 2 aromatic rings. The number of nitrogens with one attached hydrogen (secondary N) is 1. The number of hydrazine groups is 1. The van der Waals surface area contributed by atoms with Gasteiger partial charge in [0.15, 0.2) is 0 Å². The summed E-state index contributed by atoms with van der Waals surface area (Å²) < 4.78 is 5.42. The van der Waals surface area contributed by atoms with E-state index in [4.69, 9.17) is 10.3 Å². The van der Waals surface area contributed by atoms with Crippen molar-refractivity contribution in [1.82, 2.24) is 9.97 Å². The van der Waals surface area contributed by atoms with Crippen molar-refractivity contribution >= 4 is 11.8 Å². The van der Waals surface area contributed by atoms with E-state index in [0.717, 1.165) is 23.8 Å². The number of hydrogen-bond donors (Lipinski definition) is 2. The van der Waals surface area contributed by atoms with Crippen LogP contribution in [0.15, 0.2) is 28.9 Å². The van der Waals surface area contributed by atoms with Crippen LogP contribution >= 0.6 is 0 Å². The summed E-state index contributed by atoms with van der Waals surface area (Å²) in [5.41, 5.74) is 3.40. The van der Waals surface area contributed by atoms with E-state index in [-0.39, 0.29) is 0 Å². The minimum Gasteiger partial charge on any atom is -0.467 e. The molecule has 3 rings (SSSR count). The van der Waals surface area contributed by atoms with Crippen molar-refractivity contribution in [3.63, 3.8) is 0 Å². The Morgan fingerprint density at radius 2 is 2.32 bits per heavy atom. The molecule has 2 aromatic heterocycles. The molecule has 100 valence electrons. The molecule has 1 saturated carbocycles. The molecular formula is C13H17N5O. The van der Waals surface area contributed by atoms with Crippen molar-refractivity contribution < 1.29 is 4.42 Å². The van der Waals surface area contributed by atoms with E-state index in [1.54, 1.807) is 6.26 Å². The van der Waals surface area contributed by atoms with Crippen LogP contribution in [0, 0.1) is 6.92 Å². The summed E-state index contributed by atoms with van der Waals surface area (Å²) in [7, 11) is 0. The van der Waals surface area contributed by atoms with Gasteiger partial charge in [0.25, 0.3) is 0 Å². The summed E-state index contributed by atoms with van der Waals surface area (Å²) in [6, 6.07) is 6.39. The van der Waals surface area contributed by atoms with Crippen molar-refractivity contribution in [3.8, 4) is 0 Å².